The average Bonchev–Trinajstić information content (AvgIpc) is 2.32. The molecule has 0 aliphatic heterocycles. The largest absolute Gasteiger partial charge is 0.369 e. The molecule has 0 radical (unpaired) electrons. The number of hydrogen-bond donors (Lipinski definition) is 3. The molecule has 1 atom stereocenters. The van der Waals surface area contributed by atoms with Crippen LogP contribution in [0.3, 0.4) is 0 Å². The molecule has 19 heavy (non-hydrogen) atoms. The number of primary amides is 1. The maximum absolute atomic E-state index is 11.5. The average molecular weight is 264 g/mol. The van der Waals surface area contributed by atoms with Gasteiger partial charge in [-0.15, -0.1) is 0 Å². The van der Waals surface area contributed by atoms with E-state index >= 15 is 0 Å². The van der Waals surface area contributed by atoms with Crippen LogP contribution in [0.15, 0.2) is 6.07 Å². The number of anilines is 1. The molecule has 5 heteroatoms. The minimum Gasteiger partial charge on any atom is -0.369 e. The second kappa shape index (κ2) is 7.09. The van der Waals surface area contributed by atoms with Crippen molar-refractivity contribution < 1.29 is 4.79 Å². The fourth-order valence-corrected chi connectivity index (χ4v) is 2.20. The molecule has 1 aromatic rings. The molecule has 0 aliphatic rings. The summed E-state index contributed by atoms with van der Waals surface area (Å²) in [5.74, 6) is 0.619. The lowest BCUT2D eigenvalue weighted by Crippen LogP contribution is -2.22. The van der Waals surface area contributed by atoms with Crippen molar-refractivity contribution in [1.82, 2.24) is 4.98 Å². The molecule has 1 aromatic heterocycles. The first-order valence-corrected chi connectivity index (χ1v) is 6.71. The fraction of sp³-hybridized carbons (Fsp3) is 0.571. The van der Waals surface area contributed by atoms with E-state index in [1.807, 2.05) is 19.9 Å². The van der Waals surface area contributed by atoms with Crippen molar-refractivity contribution in [2.24, 2.45) is 17.4 Å². The number of aryl methyl sites for hydroxylation is 2. The molecule has 106 valence electrons. The monoisotopic (exact) mass is 264 g/mol. The molecule has 1 amide bonds. The molecule has 0 fully saturated rings. The lowest BCUT2D eigenvalue weighted by Gasteiger charge is -2.17. The Morgan fingerprint density at radius 3 is 2.68 bits per heavy atom. The summed E-state index contributed by atoms with van der Waals surface area (Å²) >= 11 is 0. The number of amides is 1. The molecular weight excluding hydrogens is 240 g/mol. The Labute approximate surface area is 114 Å². The zero-order valence-corrected chi connectivity index (χ0v) is 12.0. The highest BCUT2D eigenvalue weighted by Crippen LogP contribution is 2.19. The first-order chi connectivity index (χ1) is 8.99. The normalized spacial score (nSPS) is 12.2. The Kier molecular flexibility index (Phi) is 5.76. The summed E-state index contributed by atoms with van der Waals surface area (Å²) in [7, 11) is 0. The van der Waals surface area contributed by atoms with Gasteiger partial charge in [-0.05, 0) is 44.4 Å². The molecule has 0 saturated heterocycles. The van der Waals surface area contributed by atoms with Gasteiger partial charge in [0.05, 0.1) is 5.56 Å². The van der Waals surface area contributed by atoms with Gasteiger partial charge in [0, 0.05) is 12.2 Å². The van der Waals surface area contributed by atoms with E-state index in [2.05, 4.69) is 17.2 Å². The molecule has 5 N–H and O–H groups in total. The lowest BCUT2D eigenvalue weighted by atomic mass is 10.0. The maximum atomic E-state index is 11.5. The fourth-order valence-electron chi connectivity index (χ4n) is 2.20. The minimum atomic E-state index is -0.445. The van der Waals surface area contributed by atoms with E-state index in [4.69, 9.17) is 11.5 Å². The Hall–Kier alpha value is -1.62. The highest BCUT2D eigenvalue weighted by Gasteiger charge is 2.15. The minimum absolute atomic E-state index is 0.445. The van der Waals surface area contributed by atoms with E-state index < -0.39 is 5.91 Å². The Balaban J connectivity index is 2.90. The van der Waals surface area contributed by atoms with Crippen LogP contribution in [0.25, 0.3) is 0 Å². The summed E-state index contributed by atoms with van der Waals surface area (Å²) in [6, 6.07) is 1.86. The SMILES string of the molecule is CCC(CCN)CNc1nc(C)cc(C)c1C(N)=O. The maximum Gasteiger partial charge on any atom is 0.252 e. The van der Waals surface area contributed by atoms with Crippen LogP contribution in [0.1, 0.15) is 41.4 Å². The molecule has 0 aromatic carbocycles. The third kappa shape index (κ3) is 4.21. The molecule has 0 spiro atoms. The predicted octanol–water partition coefficient (Wildman–Crippen LogP) is 1.58. The van der Waals surface area contributed by atoms with Crippen molar-refractivity contribution >= 4 is 11.7 Å². The van der Waals surface area contributed by atoms with Crippen molar-refractivity contribution in [2.45, 2.75) is 33.6 Å². The summed E-state index contributed by atoms with van der Waals surface area (Å²) in [6.45, 7) is 7.33. The summed E-state index contributed by atoms with van der Waals surface area (Å²) in [4.78, 5) is 15.9. The van der Waals surface area contributed by atoms with Crippen LogP contribution in [0.2, 0.25) is 0 Å². The first-order valence-electron chi connectivity index (χ1n) is 6.71. The topological polar surface area (TPSA) is 94.0 Å². The van der Waals surface area contributed by atoms with Gasteiger partial charge in [0.15, 0.2) is 0 Å². The van der Waals surface area contributed by atoms with Crippen LogP contribution in [-0.4, -0.2) is 24.0 Å². The van der Waals surface area contributed by atoms with Gasteiger partial charge in [-0.2, -0.15) is 0 Å². The second-order valence-corrected chi connectivity index (χ2v) is 4.90. The molecular formula is C14H24N4O. The van der Waals surface area contributed by atoms with Gasteiger partial charge in [-0.1, -0.05) is 13.3 Å². The van der Waals surface area contributed by atoms with Crippen LogP contribution in [-0.2, 0) is 0 Å². The van der Waals surface area contributed by atoms with Crippen LogP contribution < -0.4 is 16.8 Å². The van der Waals surface area contributed by atoms with Crippen LogP contribution >= 0.6 is 0 Å². The van der Waals surface area contributed by atoms with Crippen molar-refractivity contribution in [3.05, 3.63) is 22.9 Å². The second-order valence-electron chi connectivity index (χ2n) is 4.90. The molecule has 1 heterocycles. The Morgan fingerprint density at radius 1 is 1.47 bits per heavy atom. The van der Waals surface area contributed by atoms with Crippen molar-refractivity contribution in [3.8, 4) is 0 Å². The molecule has 1 rings (SSSR count). The third-order valence-corrected chi connectivity index (χ3v) is 3.30. The summed E-state index contributed by atoms with van der Waals surface area (Å²) in [5, 5.41) is 3.24. The number of nitrogens with two attached hydrogens (primary N) is 2. The van der Waals surface area contributed by atoms with Gasteiger partial charge in [-0.3, -0.25) is 4.79 Å². The van der Waals surface area contributed by atoms with E-state index in [-0.39, 0.29) is 0 Å². The van der Waals surface area contributed by atoms with Gasteiger partial charge < -0.3 is 16.8 Å². The number of nitrogens with one attached hydrogen (secondary N) is 1. The smallest absolute Gasteiger partial charge is 0.252 e. The quantitative estimate of drug-likeness (QED) is 0.697. The standard InChI is InChI=1S/C14H24N4O/c1-4-11(5-6-15)8-17-14-12(13(16)19)9(2)7-10(3)18-14/h7,11H,4-6,8,15H2,1-3H3,(H2,16,19)(H,17,18). The summed E-state index contributed by atoms with van der Waals surface area (Å²) in [6.07, 6.45) is 2.00. The predicted molar refractivity (Wildman–Crippen MR) is 78.2 cm³/mol. The summed E-state index contributed by atoms with van der Waals surface area (Å²) in [5.41, 5.74) is 13.2. The van der Waals surface area contributed by atoms with E-state index in [0.29, 0.717) is 23.8 Å². The number of nitrogens with zero attached hydrogens (tertiary/aromatic N) is 1. The van der Waals surface area contributed by atoms with E-state index in [0.717, 1.165) is 30.6 Å². The van der Waals surface area contributed by atoms with Crippen LogP contribution in [0.4, 0.5) is 5.82 Å². The highest BCUT2D eigenvalue weighted by atomic mass is 16.1. The van der Waals surface area contributed by atoms with Gasteiger partial charge in [0.25, 0.3) is 5.91 Å². The van der Waals surface area contributed by atoms with Crippen molar-refractivity contribution in [3.63, 3.8) is 0 Å². The van der Waals surface area contributed by atoms with Crippen LogP contribution in [0, 0.1) is 19.8 Å². The van der Waals surface area contributed by atoms with Gasteiger partial charge >= 0.3 is 0 Å². The lowest BCUT2D eigenvalue weighted by molar-refractivity contribution is 0.1000. The third-order valence-electron chi connectivity index (χ3n) is 3.30. The zero-order chi connectivity index (χ0) is 14.4. The zero-order valence-electron chi connectivity index (χ0n) is 12.0. The Morgan fingerprint density at radius 2 is 2.16 bits per heavy atom. The number of pyridine rings is 1. The molecule has 5 nitrogen and oxygen atoms in total. The first kappa shape index (κ1) is 15.4. The van der Waals surface area contributed by atoms with Gasteiger partial charge in [0.1, 0.15) is 5.82 Å². The van der Waals surface area contributed by atoms with Crippen LogP contribution in [0.5, 0.6) is 0 Å². The molecule has 1 unspecified atom stereocenters. The number of rotatable bonds is 7. The van der Waals surface area contributed by atoms with E-state index in [1.54, 1.807) is 0 Å². The molecule has 0 aliphatic carbocycles. The number of hydrogen-bond acceptors (Lipinski definition) is 4. The highest BCUT2D eigenvalue weighted by molar-refractivity contribution is 5.99. The van der Waals surface area contributed by atoms with Gasteiger partial charge in [0.2, 0.25) is 0 Å². The Bertz CT molecular complexity index is 445. The summed E-state index contributed by atoms with van der Waals surface area (Å²) < 4.78 is 0. The van der Waals surface area contributed by atoms with Crippen molar-refractivity contribution in [2.75, 3.05) is 18.4 Å². The number of carbonyl (C=O) groups excluding carboxylic acids is 1. The number of carbonyl (C=O) groups is 1. The van der Waals surface area contributed by atoms with E-state index in [9.17, 15) is 4.79 Å². The van der Waals surface area contributed by atoms with Crippen molar-refractivity contribution in [1.29, 1.82) is 0 Å². The molecule has 0 saturated carbocycles. The van der Waals surface area contributed by atoms with Gasteiger partial charge in [-0.25, -0.2) is 4.98 Å². The molecule has 0 bridgehead atoms. The van der Waals surface area contributed by atoms with E-state index in [1.165, 1.54) is 0 Å². The number of aromatic nitrogens is 1.